The smallest absolute Gasteiger partial charge is 0.240 e. The molecule has 1 aromatic rings. The highest BCUT2D eigenvalue weighted by atomic mass is 32.2. The summed E-state index contributed by atoms with van der Waals surface area (Å²) < 4.78 is 22.9. The minimum Gasteiger partial charge on any atom is -0.396 e. The van der Waals surface area contributed by atoms with Crippen LogP contribution in [0.5, 0.6) is 0 Å². The molecular weight excluding hydrogens is 274 g/mol. The Morgan fingerprint density at radius 3 is 2.30 bits per heavy atom. The van der Waals surface area contributed by atoms with Crippen LogP contribution in [0, 0.1) is 17.8 Å². The van der Waals surface area contributed by atoms with Crippen molar-refractivity contribution in [2.75, 3.05) is 17.6 Å². The summed E-state index contributed by atoms with van der Waals surface area (Å²) in [6.45, 7) is 0.869. The molecule has 2 aliphatic carbocycles. The molecule has 1 aromatic carbocycles. The Labute approximate surface area is 119 Å². The zero-order valence-corrected chi connectivity index (χ0v) is 12.2. The quantitative estimate of drug-likeness (QED) is 0.696. The first-order valence-corrected chi connectivity index (χ1v) is 8.66. The Kier molecular flexibility index (Phi) is 3.38. The molecule has 0 amide bonds. The van der Waals surface area contributed by atoms with Crippen molar-refractivity contribution < 1.29 is 8.42 Å². The van der Waals surface area contributed by atoms with Gasteiger partial charge < -0.3 is 11.1 Å². The van der Waals surface area contributed by atoms with E-state index in [1.165, 1.54) is 31.7 Å². The molecule has 20 heavy (non-hydrogen) atoms. The lowest BCUT2D eigenvalue weighted by Crippen LogP contribution is -2.20. The summed E-state index contributed by atoms with van der Waals surface area (Å²) >= 11 is 0. The molecule has 2 saturated carbocycles. The zero-order valence-electron chi connectivity index (χ0n) is 11.4. The monoisotopic (exact) mass is 295 g/mol. The lowest BCUT2D eigenvalue weighted by atomic mass is 9.98. The molecule has 0 spiro atoms. The summed E-state index contributed by atoms with van der Waals surface area (Å²) in [6.07, 6.45) is 5.32. The van der Waals surface area contributed by atoms with Crippen molar-refractivity contribution >= 4 is 21.4 Å². The highest BCUT2D eigenvalue weighted by Crippen LogP contribution is 2.49. The second-order valence-electron chi connectivity index (χ2n) is 5.98. The van der Waals surface area contributed by atoms with Crippen LogP contribution in [0.4, 0.5) is 11.4 Å². The van der Waals surface area contributed by atoms with E-state index in [1.807, 2.05) is 0 Å². The first-order chi connectivity index (χ1) is 9.47. The van der Waals surface area contributed by atoms with Crippen molar-refractivity contribution in [2.45, 2.75) is 30.6 Å². The van der Waals surface area contributed by atoms with Crippen LogP contribution in [-0.2, 0) is 10.0 Å². The lowest BCUT2D eigenvalue weighted by Gasteiger charge is -2.18. The Balaban J connectivity index is 1.74. The molecule has 2 aliphatic rings. The molecule has 110 valence electrons. The van der Waals surface area contributed by atoms with Crippen LogP contribution in [0.25, 0.3) is 0 Å². The lowest BCUT2D eigenvalue weighted by molar-refractivity contribution is 0.428. The summed E-state index contributed by atoms with van der Waals surface area (Å²) in [5, 5.41) is 8.49. The summed E-state index contributed by atoms with van der Waals surface area (Å²) in [7, 11) is -3.77. The van der Waals surface area contributed by atoms with E-state index in [2.05, 4.69) is 5.32 Å². The van der Waals surface area contributed by atoms with Crippen LogP contribution in [0.3, 0.4) is 0 Å². The molecule has 5 N–H and O–H groups in total. The molecule has 0 bridgehead atoms. The fraction of sp³-hybridized carbons (Fsp3) is 0.571. The van der Waals surface area contributed by atoms with Gasteiger partial charge in [-0.1, -0.05) is 6.07 Å². The first kappa shape index (κ1) is 13.7. The molecule has 6 heteroatoms. The van der Waals surface area contributed by atoms with Crippen LogP contribution in [-0.4, -0.2) is 15.0 Å². The predicted molar refractivity (Wildman–Crippen MR) is 79.7 cm³/mol. The second-order valence-corrected chi connectivity index (χ2v) is 7.51. The third kappa shape index (κ3) is 2.91. The Hall–Kier alpha value is -1.27. The van der Waals surface area contributed by atoms with Gasteiger partial charge in [0.05, 0.1) is 11.4 Å². The third-order valence-electron chi connectivity index (χ3n) is 4.36. The number of nitrogen functional groups attached to an aromatic ring is 1. The number of hydrogen-bond acceptors (Lipinski definition) is 4. The summed E-state index contributed by atoms with van der Waals surface area (Å²) in [5.74, 6) is 2.39. The van der Waals surface area contributed by atoms with E-state index in [9.17, 15) is 8.42 Å². The van der Waals surface area contributed by atoms with Gasteiger partial charge in [-0.3, -0.25) is 0 Å². The topological polar surface area (TPSA) is 98.2 Å². The van der Waals surface area contributed by atoms with Crippen LogP contribution in [0.1, 0.15) is 25.7 Å². The van der Waals surface area contributed by atoms with E-state index in [4.69, 9.17) is 10.9 Å². The van der Waals surface area contributed by atoms with Gasteiger partial charge >= 0.3 is 0 Å². The fourth-order valence-electron chi connectivity index (χ4n) is 2.94. The van der Waals surface area contributed by atoms with Crippen LogP contribution in [0.15, 0.2) is 23.1 Å². The summed E-state index contributed by atoms with van der Waals surface area (Å²) in [6, 6.07) is 4.91. The third-order valence-corrected chi connectivity index (χ3v) is 5.32. The van der Waals surface area contributed by atoms with Crippen LogP contribution >= 0.6 is 0 Å². The Bertz CT molecular complexity index is 595. The number of anilines is 2. The summed E-state index contributed by atoms with van der Waals surface area (Å²) in [4.78, 5) is -0.00288. The average molecular weight is 295 g/mol. The molecule has 0 radical (unpaired) electrons. The maximum atomic E-state index is 11.5. The van der Waals surface area contributed by atoms with E-state index in [-0.39, 0.29) is 10.6 Å². The number of sulfonamides is 1. The van der Waals surface area contributed by atoms with Crippen molar-refractivity contribution in [3.63, 3.8) is 0 Å². The van der Waals surface area contributed by atoms with E-state index in [0.717, 1.165) is 18.4 Å². The average Bonchev–Trinajstić information content (AvgIpc) is 3.24. The largest absolute Gasteiger partial charge is 0.396 e. The molecule has 0 aromatic heterocycles. The molecule has 0 heterocycles. The molecule has 0 atom stereocenters. The number of benzene rings is 1. The number of hydrogen-bond donors (Lipinski definition) is 3. The summed E-state index contributed by atoms with van der Waals surface area (Å²) in [5.41, 5.74) is 6.81. The van der Waals surface area contributed by atoms with Gasteiger partial charge in [0.2, 0.25) is 10.0 Å². The number of rotatable bonds is 6. The minimum absolute atomic E-state index is 0.00288. The molecule has 2 fully saturated rings. The van der Waals surface area contributed by atoms with Crippen molar-refractivity contribution in [3.05, 3.63) is 18.2 Å². The molecule has 0 unspecified atom stereocenters. The standard InChI is InChI=1S/C14H21N3O2S/c15-14-12(2-1-3-13(14)20(16,18)19)17-8-11(9-4-5-9)10-6-7-10/h1-3,9-11,17H,4-8,15H2,(H2,16,18,19). The fourth-order valence-corrected chi connectivity index (χ4v) is 3.63. The van der Waals surface area contributed by atoms with Crippen molar-refractivity contribution in [2.24, 2.45) is 22.9 Å². The van der Waals surface area contributed by atoms with E-state index >= 15 is 0 Å². The van der Waals surface area contributed by atoms with E-state index < -0.39 is 10.0 Å². The highest BCUT2D eigenvalue weighted by Gasteiger charge is 2.41. The number of nitrogens with two attached hydrogens (primary N) is 2. The maximum absolute atomic E-state index is 11.5. The zero-order chi connectivity index (χ0) is 14.3. The highest BCUT2D eigenvalue weighted by molar-refractivity contribution is 7.89. The van der Waals surface area contributed by atoms with Crippen LogP contribution in [0.2, 0.25) is 0 Å². The van der Waals surface area contributed by atoms with Crippen molar-refractivity contribution in [1.29, 1.82) is 0 Å². The predicted octanol–water partition coefficient (Wildman–Crippen LogP) is 1.76. The van der Waals surface area contributed by atoms with Gasteiger partial charge in [-0.25, -0.2) is 13.6 Å². The van der Waals surface area contributed by atoms with Gasteiger partial charge in [-0.15, -0.1) is 0 Å². The van der Waals surface area contributed by atoms with Gasteiger partial charge in [0.25, 0.3) is 0 Å². The van der Waals surface area contributed by atoms with Gasteiger partial charge in [-0.2, -0.15) is 0 Å². The Morgan fingerprint density at radius 2 is 1.80 bits per heavy atom. The van der Waals surface area contributed by atoms with Crippen molar-refractivity contribution in [1.82, 2.24) is 0 Å². The SMILES string of the molecule is Nc1c(NCC(C2CC2)C2CC2)cccc1S(N)(=O)=O. The van der Waals surface area contributed by atoms with Crippen molar-refractivity contribution in [3.8, 4) is 0 Å². The molecular formula is C14H21N3O2S. The number of nitrogens with one attached hydrogen (secondary N) is 1. The van der Waals surface area contributed by atoms with E-state index in [0.29, 0.717) is 11.6 Å². The van der Waals surface area contributed by atoms with Gasteiger partial charge in [0.15, 0.2) is 0 Å². The molecule has 3 rings (SSSR count). The van der Waals surface area contributed by atoms with Gasteiger partial charge in [0, 0.05) is 6.54 Å². The molecule has 5 nitrogen and oxygen atoms in total. The van der Waals surface area contributed by atoms with Gasteiger partial charge in [-0.05, 0) is 55.6 Å². The van der Waals surface area contributed by atoms with E-state index in [1.54, 1.807) is 12.1 Å². The molecule has 0 aliphatic heterocycles. The number of para-hydroxylation sites is 1. The number of primary sulfonamides is 1. The first-order valence-electron chi connectivity index (χ1n) is 7.12. The normalized spacial score (nSPS) is 19.3. The Morgan fingerprint density at radius 1 is 1.20 bits per heavy atom. The minimum atomic E-state index is -3.77. The second kappa shape index (κ2) is 4.93. The van der Waals surface area contributed by atoms with Crippen LogP contribution < -0.4 is 16.2 Å². The maximum Gasteiger partial charge on any atom is 0.240 e. The van der Waals surface area contributed by atoms with Gasteiger partial charge in [0.1, 0.15) is 4.90 Å². The molecule has 0 saturated heterocycles.